The Morgan fingerprint density at radius 3 is 2.31 bits per heavy atom. The van der Waals surface area contributed by atoms with E-state index in [1.54, 1.807) is 55.5 Å². The number of amides is 1. The number of benzene rings is 2. The van der Waals surface area contributed by atoms with Crippen LogP contribution < -0.4 is 0 Å². The molecule has 35 heavy (non-hydrogen) atoms. The monoisotopic (exact) mass is 542 g/mol. The Morgan fingerprint density at radius 2 is 1.77 bits per heavy atom. The highest BCUT2D eigenvalue weighted by atomic mass is 35.5. The first-order valence-electron chi connectivity index (χ1n) is 11.0. The van der Waals surface area contributed by atoms with E-state index in [1.165, 1.54) is 19.0 Å². The lowest BCUT2D eigenvalue weighted by Crippen LogP contribution is -2.57. The van der Waals surface area contributed by atoms with Gasteiger partial charge in [0.2, 0.25) is 10.0 Å². The molecule has 190 valence electrons. The molecule has 1 aliphatic heterocycles. The van der Waals surface area contributed by atoms with E-state index in [4.69, 9.17) is 27.9 Å². The molecule has 0 bridgehead atoms. The number of hydrogen-bond donors (Lipinski definition) is 1. The number of rotatable bonds is 9. The van der Waals surface area contributed by atoms with Crippen LogP contribution in [-0.2, 0) is 24.3 Å². The highest BCUT2D eigenvalue weighted by molar-refractivity contribution is 7.89. The fraction of sp³-hybridized carbons (Fsp3) is 0.417. The minimum Gasteiger partial charge on any atom is -0.481 e. The predicted octanol–water partition coefficient (Wildman–Crippen LogP) is 4.15. The third-order valence-corrected chi connectivity index (χ3v) is 8.41. The largest absolute Gasteiger partial charge is 0.481 e. The standard InChI is InChI=1S/C24H28Cl2N2O6S/c1-4-19(14-35(32,33)27(2)3)28-22(15-8-10-17(25)11-9-15)23(16-6-5-7-18(26)12-16)34-20(24(28)31)13-21(29)30/h5-12,19-20,22-23H,4,13-14H2,1-3H3,(H,29,30)/t19-,20+,22+,23+/m0/s1. The van der Waals surface area contributed by atoms with Crippen molar-refractivity contribution in [1.29, 1.82) is 0 Å². The van der Waals surface area contributed by atoms with Crippen LogP contribution in [0.5, 0.6) is 0 Å². The molecule has 0 unspecified atom stereocenters. The molecule has 3 rings (SSSR count). The zero-order valence-electron chi connectivity index (χ0n) is 19.6. The van der Waals surface area contributed by atoms with Gasteiger partial charge in [-0.15, -0.1) is 0 Å². The van der Waals surface area contributed by atoms with E-state index in [9.17, 15) is 23.1 Å². The fourth-order valence-electron chi connectivity index (χ4n) is 4.19. The van der Waals surface area contributed by atoms with Crippen molar-refractivity contribution < 1.29 is 27.9 Å². The van der Waals surface area contributed by atoms with Crippen molar-refractivity contribution in [3.05, 3.63) is 69.7 Å². The van der Waals surface area contributed by atoms with Gasteiger partial charge in [-0.05, 0) is 41.8 Å². The fourth-order valence-corrected chi connectivity index (χ4v) is 5.69. The second kappa shape index (κ2) is 11.3. The summed E-state index contributed by atoms with van der Waals surface area (Å²) in [5.41, 5.74) is 1.30. The van der Waals surface area contributed by atoms with E-state index >= 15 is 0 Å². The molecule has 2 aromatic rings. The second-order valence-corrected chi connectivity index (χ2v) is 11.7. The summed E-state index contributed by atoms with van der Waals surface area (Å²) in [6.07, 6.45) is -2.33. The molecule has 1 N–H and O–H groups in total. The van der Waals surface area contributed by atoms with Crippen molar-refractivity contribution in [3.8, 4) is 0 Å². The molecular weight excluding hydrogens is 515 g/mol. The number of morpholine rings is 1. The van der Waals surface area contributed by atoms with Crippen molar-refractivity contribution in [1.82, 2.24) is 9.21 Å². The number of carboxylic acids is 1. The van der Waals surface area contributed by atoms with E-state index in [0.717, 1.165) is 4.31 Å². The molecule has 0 radical (unpaired) electrons. The van der Waals surface area contributed by atoms with Crippen LogP contribution in [-0.4, -0.2) is 66.6 Å². The van der Waals surface area contributed by atoms with Crippen LogP contribution in [0, 0.1) is 0 Å². The van der Waals surface area contributed by atoms with Crippen LogP contribution in [0.2, 0.25) is 10.0 Å². The maximum atomic E-state index is 13.7. The van der Waals surface area contributed by atoms with E-state index in [-0.39, 0.29) is 5.75 Å². The molecule has 1 heterocycles. The Bertz CT molecular complexity index is 1170. The van der Waals surface area contributed by atoms with Gasteiger partial charge in [-0.25, -0.2) is 12.7 Å². The lowest BCUT2D eigenvalue weighted by atomic mass is 9.89. The third kappa shape index (κ3) is 6.34. The highest BCUT2D eigenvalue weighted by Gasteiger charge is 2.47. The van der Waals surface area contributed by atoms with Gasteiger partial charge in [0.25, 0.3) is 5.91 Å². The Kier molecular flexibility index (Phi) is 8.82. The SMILES string of the molecule is CC[C@@H](CS(=O)(=O)N(C)C)N1C(=O)[C@@H](CC(=O)O)O[C@H](c2cccc(Cl)c2)[C@H]1c1ccc(Cl)cc1. The van der Waals surface area contributed by atoms with E-state index in [0.29, 0.717) is 27.6 Å². The molecule has 0 spiro atoms. The van der Waals surface area contributed by atoms with Crippen molar-refractivity contribution in [2.24, 2.45) is 0 Å². The van der Waals surface area contributed by atoms with E-state index in [1.807, 2.05) is 0 Å². The first-order valence-corrected chi connectivity index (χ1v) is 13.4. The van der Waals surface area contributed by atoms with Crippen LogP contribution in [0.1, 0.15) is 43.0 Å². The summed E-state index contributed by atoms with van der Waals surface area (Å²) in [6.45, 7) is 1.79. The number of carbonyl (C=O) groups excluding carboxylic acids is 1. The molecule has 0 saturated carbocycles. The van der Waals surface area contributed by atoms with Gasteiger partial charge in [-0.1, -0.05) is 54.4 Å². The quantitative estimate of drug-likeness (QED) is 0.510. The molecule has 8 nitrogen and oxygen atoms in total. The van der Waals surface area contributed by atoms with Crippen LogP contribution in [0.25, 0.3) is 0 Å². The number of carbonyl (C=O) groups is 2. The van der Waals surface area contributed by atoms with Gasteiger partial charge >= 0.3 is 5.97 Å². The summed E-state index contributed by atoms with van der Waals surface area (Å²) in [7, 11) is -0.819. The maximum absolute atomic E-state index is 13.7. The lowest BCUT2D eigenvalue weighted by Gasteiger charge is -2.48. The van der Waals surface area contributed by atoms with Crippen LogP contribution >= 0.6 is 23.2 Å². The first kappa shape index (κ1) is 27.4. The van der Waals surface area contributed by atoms with Gasteiger partial charge < -0.3 is 14.7 Å². The average Bonchev–Trinajstić information content (AvgIpc) is 2.79. The minimum absolute atomic E-state index is 0.324. The van der Waals surface area contributed by atoms with Gasteiger partial charge in [0.05, 0.1) is 18.2 Å². The van der Waals surface area contributed by atoms with Gasteiger partial charge in [0.1, 0.15) is 12.2 Å². The van der Waals surface area contributed by atoms with Crippen LogP contribution in [0.15, 0.2) is 48.5 Å². The molecule has 1 aliphatic rings. The predicted molar refractivity (Wildman–Crippen MR) is 134 cm³/mol. The summed E-state index contributed by atoms with van der Waals surface area (Å²) in [6, 6.07) is 12.3. The third-order valence-electron chi connectivity index (χ3n) is 6.00. The van der Waals surface area contributed by atoms with Gasteiger partial charge in [-0.3, -0.25) is 9.59 Å². The number of sulfonamides is 1. The Hall–Kier alpha value is -2.17. The zero-order valence-corrected chi connectivity index (χ0v) is 21.9. The molecule has 11 heteroatoms. The molecule has 0 aliphatic carbocycles. The molecule has 1 saturated heterocycles. The summed E-state index contributed by atoms with van der Waals surface area (Å²) in [4.78, 5) is 26.7. The topological polar surface area (TPSA) is 104 Å². The van der Waals surface area contributed by atoms with Crippen molar-refractivity contribution in [2.45, 2.75) is 44.1 Å². The second-order valence-electron chi connectivity index (χ2n) is 8.56. The number of carboxylic acid groups (broad SMARTS) is 1. The van der Waals surface area contributed by atoms with Crippen LogP contribution in [0.4, 0.5) is 0 Å². The smallest absolute Gasteiger partial charge is 0.306 e. The first-order chi connectivity index (χ1) is 16.4. The number of aliphatic carboxylic acids is 1. The minimum atomic E-state index is -3.68. The molecule has 1 fully saturated rings. The number of hydrogen-bond acceptors (Lipinski definition) is 5. The van der Waals surface area contributed by atoms with Crippen molar-refractivity contribution in [3.63, 3.8) is 0 Å². The van der Waals surface area contributed by atoms with Crippen LogP contribution in [0.3, 0.4) is 0 Å². The van der Waals surface area contributed by atoms with Gasteiger partial charge in [-0.2, -0.15) is 0 Å². The van der Waals surface area contributed by atoms with Gasteiger partial charge in [0.15, 0.2) is 0 Å². The summed E-state index contributed by atoms with van der Waals surface area (Å²) in [5.74, 6) is -2.10. The Morgan fingerprint density at radius 1 is 1.11 bits per heavy atom. The van der Waals surface area contributed by atoms with Gasteiger partial charge in [0, 0.05) is 30.2 Å². The number of ether oxygens (including phenoxy) is 1. The van der Waals surface area contributed by atoms with E-state index < -0.39 is 52.6 Å². The normalized spacial score (nSPS) is 21.8. The Labute approximate surface area is 215 Å². The molecule has 0 aromatic heterocycles. The average molecular weight is 543 g/mol. The molecule has 1 amide bonds. The van der Waals surface area contributed by atoms with Crippen molar-refractivity contribution >= 4 is 45.1 Å². The molecular formula is C24H28Cl2N2O6S. The zero-order chi connectivity index (χ0) is 25.9. The highest BCUT2D eigenvalue weighted by Crippen LogP contribution is 2.44. The summed E-state index contributed by atoms with van der Waals surface area (Å²) < 4.78 is 32.9. The van der Waals surface area contributed by atoms with E-state index in [2.05, 4.69) is 0 Å². The summed E-state index contributed by atoms with van der Waals surface area (Å²) >= 11 is 12.3. The lowest BCUT2D eigenvalue weighted by molar-refractivity contribution is -0.182. The summed E-state index contributed by atoms with van der Waals surface area (Å²) in [5, 5.41) is 10.4. The van der Waals surface area contributed by atoms with Crippen molar-refractivity contribution in [2.75, 3.05) is 19.8 Å². The molecule has 4 atom stereocenters. The number of nitrogens with zero attached hydrogens (tertiary/aromatic N) is 2. The number of halogens is 2. The molecule has 2 aromatic carbocycles. The maximum Gasteiger partial charge on any atom is 0.306 e. The Balaban J connectivity index is 2.21.